The third-order valence-electron chi connectivity index (χ3n) is 0. The van der Waals surface area contributed by atoms with Crippen molar-refractivity contribution in [3.63, 3.8) is 0 Å². The van der Waals surface area contributed by atoms with Gasteiger partial charge < -0.3 is 31.2 Å². The zero-order chi connectivity index (χ0) is 16.2. The van der Waals surface area contributed by atoms with Crippen LogP contribution in [-0.4, -0.2) is 31.2 Å². The SMILES string of the molecule is O=NO.O=NO.O=NO.O=NO.O=NO.O=NO.[Pt]. The standard InChI is InChI=1S/6HNO2.Pt/c6*2-1-3;/h6*(H,2,3);. The maximum atomic E-state index is 8.11. The van der Waals surface area contributed by atoms with Crippen LogP contribution in [-0.2, 0) is 21.1 Å². The van der Waals surface area contributed by atoms with E-state index in [2.05, 4.69) is 0 Å². The van der Waals surface area contributed by atoms with Crippen molar-refractivity contribution in [3.05, 3.63) is 29.4 Å². The molecule has 0 spiro atoms. The molecule has 0 aromatic heterocycles. The third kappa shape index (κ3) is 305. The smallest absolute Gasteiger partial charge is 0.152 e. The van der Waals surface area contributed by atoms with Gasteiger partial charge in [-0.05, 0) is 0 Å². The maximum absolute atomic E-state index is 8.11. The van der Waals surface area contributed by atoms with Crippen LogP contribution in [0.15, 0.2) is 32.0 Å². The predicted octanol–water partition coefficient (Wildman–Crippen LogP) is 0.849. The van der Waals surface area contributed by atoms with Gasteiger partial charge >= 0.3 is 0 Å². The van der Waals surface area contributed by atoms with Crippen LogP contribution in [0.3, 0.4) is 0 Å². The summed E-state index contributed by atoms with van der Waals surface area (Å²) in [5.41, 5.74) is 0. The number of nitrogens with zero attached hydrogens (tertiary/aromatic N) is 6. The van der Waals surface area contributed by atoms with Crippen LogP contribution >= 0.6 is 0 Å². The Labute approximate surface area is 114 Å². The molecule has 0 heterocycles. The zero-order valence-corrected chi connectivity index (χ0v) is 10.4. The number of hydrogen-bond donors (Lipinski definition) is 6. The Morgan fingerprint density at radius 2 is 0.368 bits per heavy atom. The molecule has 0 radical (unpaired) electrons. The van der Waals surface area contributed by atoms with Crippen molar-refractivity contribution in [1.29, 1.82) is 0 Å². The predicted molar refractivity (Wildman–Crippen MR) is 45.5 cm³/mol. The summed E-state index contributed by atoms with van der Waals surface area (Å²) in [7, 11) is 0. The van der Waals surface area contributed by atoms with E-state index in [4.69, 9.17) is 60.7 Å². The van der Waals surface area contributed by atoms with Gasteiger partial charge in [-0.1, -0.05) is 0 Å². The molecule has 0 rings (SSSR count). The summed E-state index contributed by atoms with van der Waals surface area (Å²) in [6.45, 7) is 0. The van der Waals surface area contributed by atoms with Gasteiger partial charge in [0.05, 0.1) is 0 Å². The van der Waals surface area contributed by atoms with Crippen LogP contribution in [0.4, 0.5) is 0 Å². The van der Waals surface area contributed by atoms with Gasteiger partial charge in [-0.2, -0.15) is 0 Å². The Morgan fingerprint density at radius 3 is 0.368 bits per heavy atom. The molecular formula is H6N6O12Pt. The van der Waals surface area contributed by atoms with Crippen molar-refractivity contribution < 1.29 is 52.3 Å². The van der Waals surface area contributed by atoms with Gasteiger partial charge in [0.25, 0.3) is 0 Å². The van der Waals surface area contributed by atoms with E-state index >= 15 is 0 Å². The summed E-state index contributed by atoms with van der Waals surface area (Å²) in [6, 6.07) is 0. The molecule has 0 aromatic carbocycles. The Bertz CT molecular complexity index is 114. The first-order chi connectivity index (χ1) is 8.49. The summed E-state index contributed by atoms with van der Waals surface area (Å²) in [5, 5.41) is 47.3. The fraction of sp³-hybridized carbons (Fsp3) is 0. The van der Waals surface area contributed by atoms with Crippen LogP contribution in [0.2, 0.25) is 0 Å². The monoisotopic (exact) mass is 477 g/mol. The normalized spacial score (nSPS) is 3.79. The minimum atomic E-state index is 0. The fourth-order valence-electron chi connectivity index (χ4n) is 0. The molecule has 19 heteroatoms. The number of hydrogen-bond acceptors (Lipinski definition) is 12. The van der Waals surface area contributed by atoms with Crippen LogP contribution < -0.4 is 0 Å². The molecular weight excluding hydrogens is 471 g/mol. The van der Waals surface area contributed by atoms with Gasteiger partial charge in [0, 0.05) is 21.1 Å². The molecule has 0 fully saturated rings. The molecule has 0 saturated carbocycles. The summed E-state index contributed by atoms with van der Waals surface area (Å²) in [6.07, 6.45) is 0. The molecule has 0 aromatic rings. The first-order valence-electron chi connectivity index (χ1n) is 2.30. The van der Waals surface area contributed by atoms with Gasteiger partial charge in [-0.3, -0.25) is 0 Å². The molecule has 0 unspecified atom stereocenters. The van der Waals surface area contributed by atoms with E-state index in [9.17, 15) is 0 Å². The topological polar surface area (TPSA) is 298 Å². The molecule has 0 saturated heterocycles. The largest absolute Gasteiger partial charge is 0.379 e. The van der Waals surface area contributed by atoms with E-state index in [0.29, 0.717) is 0 Å². The molecule has 118 valence electrons. The van der Waals surface area contributed by atoms with E-state index in [1.54, 1.807) is 0 Å². The average molecular weight is 477 g/mol. The Balaban J connectivity index is -0.0000000180. The van der Waals surface area contributed by atoms with Crippen LogP contribution in [0.25, 0.3) is 0 Å². The zero-order valence-electron chi connectivity index (χ0n) is 8.13. The minimum absolute atomic E-state index is 0. The molecule has 0 aliphatic heterocycles. The summed E-state index contributed by atoms with van der Waals surface area (Å²) in [5.74, 6) is 0. The van der Waals surface area contributed by atoms with Gasteiger partial charge in [0.1, 0.15) is 0 Å². The van der Waals surface area contributed by atoms with Crippen LogP contribution in [0, 0.1) is 29.4 Å². The molecule has 18 nitrogen and oxygen atoms in total. The van der Waals surface area contributed by atoms with Crippen molar-refractivity contribution in [1.82, 2.24) is 0 Å². The fourth-order valence-corrected chi connectivity index (χ4v) is 0. The maximum Gasteiger partial charge on any atom is 0.152 e. The van der Waals surface area contributed by atoms with Crippen molar-refractivity contribution >= 4 is 0 Å². The van der Waals surface area contributed by atoms with Crippen LogP contribution in [0.5, 0.6) is 0 Å². The first kappa shape index (κ1) is 44.3. The molecule has 6 N–H and O–H groups in total. The van der Waals surface area contributed by atoms with Crippen molar-refractivity contribution in [2.75, 3.05) is 0 Å². The van der Waals surface area contributed by atoms with Gasteiger partial charge in [0.2, 0.25) is 0 Å². The van der Waals surface area contributed by atoms with Gasteiger partial charge in [0.15, 0.2) is 32.0 Å². The minimum Gasteiger partial charge on any atom is -0.379 e. The molecule has 19 heavy (non-hydrogen) atoms. The van der Waals surface area contributed by atoms with E-state index in [-0.39, 0.29) is 21.1 Å². The first-order valence-corrected chi connectivity index (χ1v) is 2.30. The number of rotatable bonds is 0. The van der Waals surface area contributed by atoms with Crippen LogP contribution in [0.1, 0.15) is 0 Å². The second-order valence-corrected chi connectivity index (χ2v) is 0.490. The van der Waals surface area contributed by atoms with E-state index in [1.165, 1.54) is 32.0 Å². The van der Waals surface area contributed by atoms with Crippen molar-refractivity contribution in [3.8, 4) is 0 Å². The van der Waals surface area contributed by atoms with Crippen molar-refractivity contribution in [2.24, 2.45) is 32.0 Å². The Kier molecular flexibility index (Phi) is 733. The molecule has 0 aliphatic rings. The summed E-state index contributed by atoms with van der Waals surface area (Å²) in [4.78, 5) is 48.7. The van der Waals surface area contributed by atoms with E-state index in [1.807, 2.05) is 0 Å². The molecule has 0 aliphatic carbocycles. The second-order valence-electron chi connectivity index (χ2n) is 0.490. The van der Waals surface area contributed by atoms with Gasteiger partial charge in [-0.25, -0.2) is 0 Å². The molecule has 0 bridgehead atoms. The van der Waals surface area contributed by atoms with Gasteiger partial charge in [-0.15, -0.1) is 29.4 Å². The third-order valence-corrected chi connectivity index (χ3v) is 0. The summed E-state index contributed by atoms with van der Waals surface area (Å²) >= 11 is 0. The van der Waals surface area contributed by atoms with E-state index in [0.717, 1.165) is 0 Å². The average Bonchev–Trinajstić information content (AvgIpc) is 2.23. The van der Waals surface area contributed by atoms with E-state index < -0.39 is 0 Å². The Morgan fingerprint density at radius 1 is 0.368 bits per heavy atom. The summed E-state index contributed by atoms with van der Waals surface area (Å²) < 4.78 is 0. The second kappa shape index (κ2) is 314. The quantitative estimate of drug-likeness (QED) is 0.209. The van der Waals surface area contributed by atoms with Crippen molar-refractivity contribution in [2.45, 2.75) is 0 Å². The molecule has 0 amide bonds. The molecule has 0 atom stereocenters. The Hall–Kier alpha value is -2.91.